The van der Waals surface area contributed by atoms with Crippen molar-refractivity contribution < 1.29 is 14.3 Å². The fourth-order valence-corrected chi connectivity index (χ4v) is 4.27. The quantitative estimate of drug-likeness (QED) is 0.550. The number of thiophene rings is 1. The average molecular weight is 453 g/mol. The SMILES string of the molecule is CCOc1ccccc1Oc1ccc(CNC(=O)N2CCN(Cc3cccs3)CC2)cn1. The summed E-state index contributed by atoms with van der Waals surface area (Å²) >= 11 is 1.78. The number of nitrogens with zero attached hydrogens (tertiary/aromatic N) is 3. The monoisotopic (exact) mass is 452 g/mol. The first-order valence-corrected chi connectivity index (χ1v) is 11.7. The van der Waals surface area contributed by atoms with E-state index in [9.17, 15) is 4.79 Å². The second kappa shape index (κ2) is 11.0. The van der Waals surface area contributed by atoms with E-state index in [1.54, 1.807) is 23.6 Å². The van der Waals surface area contributed by atoms with E-state index >= 15 is 0 Å². The first kappa shape index (κ1) is 22.1. The third-order valence-corrected chi connectivity index (χ3v) is 6.09. The minimum atomic E-state index is -0.0354. The highest BCUT2D eigenvalue weighted by Gasteiger charge is 2.21. The van der Waals surface area contributed by atoms with Crippen LogP contribution in [0.4, 0.5) is 4.79 Å². The molecule has 0 atom stereocenters. The Morgan fingerprint density at radius 1 is 1.06 bits per heavy atom. The Morgan fingerprint density at radius 3 is 2.56 bits per heavy atom. The highest BCUT2D eigenvalue weighted by atomic mass is 32.1. The Morgan fingerprint density at radius 2 is 1.88 bits per heavy atom. The number of carbonyl (C=O) groups excluding carboxylic acids is 1. The lowest BCUT2D eigenvalue weighted by atomic mass is 10.3. The number of hydrogen-bond acceptors (Lipinski definition) is 6. The van der Waals surface area contributed by atoms with Gasteiger partial charge in [-0.25, -0.2) is 9.78 Å². The zero-order valence-electron chi connectivity index (χ0n) is 18.2. The number of benzene rings is 1. The standard InChI is InChI=1S/C24H28N4O3S/c1-2-30-21-7-3-4-8-22(21)31-23-10-9-19(16-25-23)17-26-24(29)28-13-11-27(12-14-28)18-20-6-5-15-32-20/h3-10,15-16H,2,11-14,17-18H2,1H3,(H,26,29). The van der Waals surface area contributed by atoms with Crippen molar-refractivity contribution in [3.63, 3.8) is 0 Å². The number of aromatic nitrogens is 1. The normalized spacial score (nSPS) is 14.2. The number of urea groups is 1. The number of pyridine rings is 1. The molecular weight excluding hydrogens is 424 g/mol. The van der Waals surface area contributed by atoms with Crippen molar-refractivity contribution in [3.05, 3.63) is 70.5 Å². The molecule has 8 heteroatoms. The predicted octanol–water partition coefficient (Wildman–Crippen LogP) is 4.36. The van der Waals surface area contributed by atoms with E-state index in [0.717, 1.165) is 38.3 Å². The van der Waals surface area contributed by atoms with Gasteiger partial charge in [-0.3, -0.25) is 4.90 Å². The van der Waals surface area contributed by atoms with Crippen molar-refractivity contribution in [2.24, 2.45) is 0 Å². The fraction of sp³-hybridized carbons (Fsp3) is 0.333. The van der Waals surface area contributed by atoms with Crippen LogP contribution in [0.15, 0.2) is 60.1 Å². The summed E-state index contributed by atoms with van der Waals surface area (Å²) in [6.07, 6.45) is 1.72. The third kappa shape index (κ3) is 5.99. The predicted molar refractivity (Wildman–Crippen MR) is 125 cm³/mol. The van der Waals surface area contributed by atoms with Crippen LogP contribution in [0.1, 0.15) is 17.4 Å². The molecule has 0 aliphatic carbocycles. The van der Waals surface area contributed by atoms with Crippen molar-refractivity contribution in [1.29, 1.82) is 0 Å². The number of para-hydroxylation sites is 2. The summed E-state index contributed by atoms with van der Waals surface area (Å²) in [7, 11) is 0. The van der Waals surface area contributed by atoms with Crippen LogP contribution in [0, 0.1) is 0 Å². The van der Waals surface area contributed by atoms with Crippen LogP contribution in [0.25, 0.3) is 0 Å². The maximum Gasteiger partial charge on any atom is 0.317 e. The molecule has 32 heavy (non-hydrogen) atoms. The summed E-state index contributed by atoms with van der Waals surface area (Å²) in [5, 5.41) is 5.10. The summed E-state index contributed by atoms with van der Waals surface area (Å²) in [6, 6.07) is 15.4. The van der Waals surface area contributed by atoms with Gasteiger partial charge < -0.3 is 19.7 Å². The molecule has 2 amide bonds. The molecule has 3 heterocycles. The van der Waals surface area contributed by atoms with Gasteiger partial charge in [0.1, 0.15) is 0 Å². The van der Waals surface area contributed by atoms with Crippen molar-refractivity contribution in [2.75, 3.05) is 32.8 Å². The first-order chi connectivity index (χ1) is 15.7. The minimum Gasteiger partial charge on any atom is -0.490 e. The zero-order chi connectivity index (χ0) is 22.2. The summed E-state index contributed by atoms with van der Waals surface area (Å²) in [6.45, 7) is 7.14. The Labute approximate surface area is 192 Å². The molecule has 0 saturated carbocycles. The van der Waals surface area contributed by atoms with Crippen molar-refractivity contribution in [3.8, 4) is 17.4 Å². The molecule has 1 aliphatic rings. The van der Waals surface area contributed by atoms with E-state index in [4.69, 9.17) is 9.47 Å². The fourth-order valence-electron chi connectivity index (χ4n) is 3.52. The Hall–Kier alpha value is -3.10. The van der Waals surface area contributed by atoms with E-state index in [-0.39, 0.29) is 6.03 Å². The molecule has 4 rings (SSSR count). The van der Waals surface area contributed by atoms with Crippen LogP contribution in [0.2, 0.25) is 0 Å². The topological polar surface area (TPSA) is 66.9 Å². The molecule has 7 nitrogen and oxygen atoms in total. The van der Waals surface area contributed by atoms with E-state index in [2.05, 4.69) is 32.7 Å². The molecule has 0 unspecified atom stereocenters. The number of ether oxygens (including phenoxy) is 2. The molecule has 1 saturated heterocycles. The highest BCUT2D eigenvalue weighted by Crippen LogP contribution is 2.30. The molecule has 0 spiro atoms. The summed E-state index contributed by atoms with van der Waals surface area (Å²) in [5.41, 5.74) is 0.917. The molecule has 168 valence electrons. The molecule has 1 N–H and O–H groups in total. The number of rotatable bonds is 8. The van der Waals surface area contributed by atoms with Gasteiger partial charge in [-0.2, -0.15) is 0 Å². The highest BCUT2D eigenvalue weighted by molar-refractivity contribution is 7.09. The van der Waals surface area contributed by atoms with Gasteiger partial charge in [0.25, 0.3) is 0 Å². The molecule has 1 aromatic carbocycles. The van der Waals surface area contributed by atoms with Gasteiger partial charge in [-0.15, -0.1) is 11.3 Å². The molecule has 3 aromatic rings. The van der Waals surface area contributed by atoms with Crippen molar-refractivity contribution in [2.45, 2.75) is 20.0 Å². The molecule has 1 aliphatic heterocycles. The Bertz CT molecular complexity index is 987. The van der Waals surface area contributed by atoms with Gasteiger partial charge in [-0.05, 0) is 36.1 Å². The number of piperazine rings is 1. The summed E-state index contributed by atoms with van der Waals surface area (Å²) < 4.78 is 11.4. The first-order valence-electron chi connectivity index (χ1n) is 10.8. The minimum absolute atomic E-state index is 0.0354. The molecule has 2 aromatic heterocycles. The van der Waals surface area contributed by atoms with Crippen LogP contribution in [0.5, 0.6) is 17.4 Å². The lowest BCUT2D eigenvalue weighted by Crippen LogP contribution is -2.51. The Kier molecular flexibility index (Phi) is 7.58. The second-order valence-corrected chi connectivity index (χ2v) is 8.52. The van der Waals surface area contributed by atoms with Crippen LogP contribution in [-0.4, -0.2) is 53.6 Å². The third-order valence-electron chi connectivity index (χ3n) is 5.22. The van der Waals surface area contributed by atoms with Crippen LogP contribution in [-0.2, 0) is 13.1 Å². The van der Waals surface area contributed by atoms with Crippen LogP contribution in [0.3, 0.4) is 0 Å². The van der Waals surface area contributed by atoms with Gasteiger partial charge in [0.2, 0.25) is 5.88 Å². The molecule has 0 radical (unpaired) electrons. The van der Waals surface area contributed by atoms with Gasteiger partial charge >= 0.3 is 6.03 Å². The number of amides is 2. The number of carbonyl (C=O) groups is 1. The lowest BCUT2D eigenvalue weighted by Gasteiger charge is -2.34. The van der Waals surface area contributed by atoms with Crippen LogP contribution >= 0.6 is 11.3 Å². The smallest absolute Gasteiger partial charge is 0.317 e. The number of nitrogens with one attached hydrogen (secondary N) is 1. The van der Waals surface area contributed by atoms with Crippen molar-refractivity contribution >= 4 is 17.4 Å². The Balaban J connectivity index is 1.23. The van der Waals surface area contributed by atoms with E-state index in [1.807, 2.05) is 42.2 Å². The maximum absolute atomic E-state index is 12.5. The zero-order valence-corrected chi connectivity index (χ0v) is 19.0. The van der Waals surface area contributed by atoms with Gasteiger partial charge in [-0.1, -0.05) is 24.3 Å². The van der Waals surface area contributed by atoms with Gasteiger partial charge in [0, 0.05) is 56.4 Å². The lowest BCUT2D eigenvalue weighted by molar-refractivity contribution is 0.135. The van der Waals surface area contributed by atoms with E-state index in [1.165, 1.54) is 4.88 Å². The van der Waals surface area contributed by atoms with Crippen molar-refractivity contribution in [1.82, 2.24) is 20.1 Å². The molecule has 1 fully saturated rings. The van der Waals surface area contributed by atoms with E-state index < -0.39 is 0 Å². The molecular formula is C24H28N4O3S. The average Bonchev–Trinajstić information content (AvgIpc) is 3.33. The molecule has 0 bridgehead atoms. The maximum atomic E-state index is 12.5. The second-order valence-electron chi connectivity index (χ2n) is 7.49. The number of hydrogen-bond donors (Lipinski definition) is 1. The summed E-state index contributed by atoms with van der Waals surface area (Å²) in [4.78, 5) is 22.5. The van der Waals surface area contributed by atoms with Gasteiger partial charge in [0.15, 0.2) is 11.5 Å². The van der Waals surface area contributed by atoms with Gasteiger partial charge in [0.05, 0.1) is 6.61 Å². The van der Waals surface area contributed by atoms with Crippen LogP contribution < -0.4 is 14.8 Å². The summed E-state index contributed by atoms with van der Waals surface area (Å²) in [5.74, 6) is 1.79. The largest absolute Gasteiger partial charge is 0.490 e. The van der Waals surface area contributed by atoms with E-state index in [0.29, 0.717) is 30.5 Å².